The van der Waals surface area contributed by atoms with Crippen molar-refractivity contribution in [3.63, 3.8) is 0 Å². The summed E-state index contributed by atoms with van der Waals surface area (Å²) in [5, 5.41) is 9.97. The van der Waals surface area contributed by atoms with Gasteiger partial charge in [0.05, 0.1) is 18.1 Å². The Balaban J connectivity index is 1.71. The van der Waals surface area contributed by atoms with Crippen LogP contribution < -0.4 is 14.8 Å². The summed E-state index contributed by atoms with van der Waals surface area (Å²) >= 11 is 0. The fourth-order valence-corrected chi connectivity index (χ4v) is 5.08. The van der Waals surface area contributed by atoms with Gasteiger partial charge in [0.25, 0.3) is 0 Å². The Labute approximate surface area is 198 Å². The van der Waals surface area contributed by atoms with Gasteiger partial charge in [-0.2, -0.15) is 0 Å². The van der Waals surface area contributed by atoms with E-state index in [0.29, 0.717) is 30.5 Å². The van der Waals surface area contributed by atoms with Gasteiger partial charge in [-0.05, 0) is 62.4 Å². The second kappa shape index (κ2) is 11.0. The largest absolute Gasteiger partial charge is 0.491 e. The van der Waals surface area contributed by atoms with Gasteiger partial charge in [-0.3, -0.25) is 0 Å². The maximum absolute atomic E-state index is 13.3. The molecule has 1 amide bonds. The van der Waals surface area contributed by atoms with E-state index in [4.69, 9.17) is 28.8 Å². The van der Waals surface area contributed by atoms with Crippen LogP contribution in [0.25, 0.3) is 0 Å². The number of ether oxygens (including phenoxy) is 5. The Hall–Kier alpha value is -2.86. The first-order valence-electron chi connectivity index (χ1n) is 10.6. The molecule has 1 heterocycles. The first kappa shape index (κ1) is 25.8. The van der Waals surface area contributed by atoms with Gasteiger partial charge in [0.1, 0.15) is 35.2 Å². The van der Waals surface area contributed by atoms with E-state index in [1.807, 2.05) is 0 Å². The van der Waals surface area contributed by atoms with Crippen molar-refractivity contribution in [2.75, 3.05) is 33.5 Å². The van der Waals surface area contributed by atoms with Crippen LogP contribution in [0.1, 0.15) is 13.8 Å². The first-order chi connectivity index (χ1) is 16.1. The van der Waals surface area contributed by atoms with Crippen molar-refractivity contribution in [1.29, 1.82) is 0 Å². The van der Waals surface area contributed by atoms with Crippen LogP contribution in [0.15, 0.2) is 53.4 Å². The zero-order chi connectivity index (χ0) is 24.8. The fraction of sp³-hybridized carbons (Fsp3) is 0.435. The van der Waals surface area contributed by atoms with Crippen molar-refractivity contribution in [3.8, 4) is 17.2 Å². The molecule has 186 valence electrons. The summed E-state index contributed by atoms with van der Waals surface area (Å²) in [7, 11) is -2.35. The van der Waals surface area contributed by atoms with E-state index in [1.54, 1.807) is 45.2 Å². The number of sulfone groups is 1. The lowest BCUT2D eigenvalue weighted by Gasteiger charge is -2.24. The fourth-order valence-electron chi connectivity index (χ4n) is 3.38. The highest BCUT2D eigenvalue weighted by molar-refractivity contribution is 7.92. The molecule has 10 nitrogen and oxygen atoms in total. The molecule has 0 aliphatic carbocycles. The Bertz CT molecular complexity index is 1050. The summed E-state index contributed by atoms with van der Waals surface area (Å²) in [6.07, 6.45) is -2.15. The van der Waals surface area contributed by atoms with Crippen molar-refractivity contribution in [2.45, 2.75) is 35.9 Å². The van der Waals surface area contributed by atoms with Gasteiger partial charge < -0.3 is 34.1 Å². The molecule has 0 spiro atoms. The first-order valence-corrected chi connectivity index (χ1v) is 12.2. The van der Waals surface area contributed by atoms with Gasteiger partial charge in [0, 0.05) is 13.7 Å². The highest BCUT2D eigenvalue weighted by Gasteiger charge is 2.43. The van der Waals surface area contributed by atoms with Crippen LogP contribution in [-0.2, 0) is 24.0 Å². The molecular weight excluding hydrogens is 466 g/mol. The predicted octanol–water partition coefficient (Wildman–Crippen LogP) is 3.07. The predicted molar refractivity (Wildman–Crippen MR) is 122 cm³/mol. The maximum atomic E-state index is 13.3. The quantitative estimate of drug-likeness (QED) is 0.452. The molecule has 2 aromatic rings. The number of methoxy groups -OCH3 is 1. The zero-order valence-electron chi connectivity index (χ0n) is 19.2. The Morgan fingerprint density at radius 2 is 1.68 bits per heavy atom. The van der Waals surface area contributed by atoms with Gasteiger partial charge >= 0.3 is 6.09 Å². The number of benzene rings is 2. The standard InChI is InChI=1S/C23H29NO9S/c1-23(2)31-15-20(33-23)21(14-24-22(25)26)34(27,28)19-10-8-18(9-11-19)32-17-6-4-16(5-7-17)30-13-12-29-3/h4-11,20-21,24H,12-15H2,1-3H3,(H,25,26)/t20-,21?/m0/s1. The van der Waals surface area contributed by atoms with E-state index in [9.17, 15) is 13.2 Å². The maximum Gasteiger partial charge on any atom is 0.404 e. The summed E-state index contributed by atoms with van der Waals surface area (Å²) in [6, 6.07) is 12.9. The summed E-state index contributed by atoms with van der Waals surface area (Å²) in [5.41, 5.74) is 0. The molecule has 34 heavy (non-hydrogen) atoms. The molecule has 0 radical (unpaired) electrons. The summed E-state index contributed by atoms with van der Waals surface area (Å²) in [4.78, 5) is 11.0. The third-order valence-corrected chi connectivity index (χ3v) is 7.26. The Kier molecular flexibility index (Phi) is 8.37. The lowest BCUT2D eigenvalue weighted by Crippen LogP contribution is -2.45. The molecule has 2 aromatic carbocycles. The second-order valence-electron chi connectivity index (χ2n) is 8.02. The van der Waals surface area contributed by atoms with Crippen LogP contribution in [0.3, 0.4) is 0 Å². The number of carboxylic acid groups (broad SMARTS) is 1. The van der Waals surface area contributed by atoms with Crippen LogP contribution in [0.5, 0.6) is 17.2 Å². The molecule has 3 rings (SSSR count). The van der Waals surface area contributed by atoms with E-state index in [-0.39, 0.29) is 18.0 Å². The van der Waals surface area contributed by atoms with Crippen molar-refractivity contribution in [1.82, 2.24) is 5.32 Å². The van der Waals surface area contributed by atoms with Crippen LogP contribution >= 0.6 is 0 Å². The Morgan fingerprint density at radius 1 is 1.09 bits per heavy atom. The minimum Gasteiger partial charge on any atom is -0.491 e. The minimum absolute atomic E-state index is 0.0206. The normalized spacial score (nSPS) is 18.3. The van der Waals surface area contributed by atoms with Crippen LogP contribution in [0, 0.1) is 0 Å². The Morgan fingerprint density at radius 3 is 2.21 bits per heavy atom. The minimum atomic E-state index is -3.95. The smallest absolute Gasteiger partial charge is 0.404 e. The molecule has 1 aliphatic heterocycles. The highest BCUT2D eigenvalue weighted by atomic mass is 32.2. The average molecular weight is 496 g/mol. The number of carbonyl (C=O) groups is 1. The van der Waals surface area contributed by atoms with Gasteiger partial charge in [0.15, 0.2) is 15.6 Å². The number of nitrogens with one attached hydrogen (secondary N) is 1. The highest BCUT2D eigenvalue weighted by Crippen LogP contribution is 2.31. The van der Waals surface area contributed by atoms with E-state index in [2.05, 4.69) is 5.32 Å². The summed E-state index contributed by atoms with van der Waals surface area (Å²) < 4.78 is 54.1. The van der Waals surface area contributed by atoms with Crippen LogP contribution in [-0.4, -0.2) is 70.2 Å². The van der Waals surface area contributed by atoms with E-state index in [1.165, 1.54) is 24.3 Å². The molecule has 0 bridgehead atoms. The van der Waals surface area contributed by atoms with E-state index < -0.39 is 33.1 Å². The summed E-state index contributed by atoms with van der Waals surface area (Å²) in [5.74, 6) is 0.711. The van der Waals surface area contributed by atoms with E-state index in [0.717, 1.165) is 0 Å². The third kappa shape index (κ3) is 6.83. The molecule has 2 atom stereocenters. The monoisotopic (exact) mass is 495 g/mol. The van der Waals surface area contributed by atoms with Crippen molar-refractivity contribution >= 4 is 15.9 Å². The van der Waals surface area contributed by atoms with Crippen molar-refractivity contribution < 1.29 is 42.0 Å². The van der Waals surface area contributed by atoms with Gasteiger partial charge in [0.2, 0.25) is 0 Å². The van der Waals surface area contributed by atoms with Gasteiger partial charge in [-0.1, -0.05) is 0 Å². The lowest BCUT2D eigenvalue weighted by molar-refractivity contribution is -0.138. The second-order valence-corrected chi connectivity index (χ2v) is 10.2. The molecule has 1 aliphatic rings. The molecule has 0 aromatic heterocycles. The topological polar surface area (TPSA) is 130 Å². The van der Waals surface area contributed by atoms with Crippen molar-refractivity contribution in [3.05, 3.63) is 48.5 Å². The number of hydrogen-bond donors (Lipinski definition) is 2. The van der Waals surface area contributed by atoms with Crippen LogP contribution in [0.2, 0.25) is 0 Å². The molecule has 0 saturated carbocycles. The summed E-state index contributed by atoms with van der Waals surface area (Å²) in [6.45, 7) is 3.96. The van der Waals surface area contributed by atoms with Gasteiger partial charge in [-0.15, -0.1) is 0 Å². The van der Waals surface area contributed by atoms with Crippen LogP contribution in [0.4, 0.5) is 4.79 Å². The molecule has 1 unspecified atom stereocenters. The molecule has 1 saturated heterocycles. The van der Waals surface area contributed by atoms with Crippen molar-refractivity contribution in [2.24, 2.45) is 0 Å². The number of hydrogen-bond acceptors (Lipinski definition) is 8. The van der Waals surface area contributed by atoms with E-state index >= 15 is 0 Å². The van der Waals surface area contributed by atoms with Gasteiger partial charge in [-0.25, -0.2) is 13.2 Å². The zero-order valence-corrected chi connectivity index (χ0v) is 20.0. The average Bonchev–Trinajstić information content (AvgIpc) is 3.14. The third-order valence-electron chi connectivity index (χ3n) is 5.07. The molecular formula is C23H29NO9S. The molecule has 1 fully saturated rings. The molecule has 2 N–H and O–H groups in total. The number of rotatable bonds is 11. The SMILES string of the molecule is COCCOc1ccc(Oc2ccc(S(=O)(=O)C(CNC(=O)O)[C@@H]3COC(C)(C)O3)cc2)cc1. The number of amides is 1. The molecule has 11 heteroatoms. The lowest BCUT2D eigenvalue weighted by atomic mass is 10.2.